The Morgan fingerprint density at radius 1 is 1.38 bits per heavy atom. The van der Waals surface area contributed by atoms with Gasteiger partial charge in [0, 0.05) is 18.2 Å². The van der Waals surface area contributed by atoms with Gasteiger partial charge in [0.05, 0.1) is 13.2 Å². The Hall–Kier alpha value is -1.57. The third kappa shape index (κ3) is 5.46. The number of aromatic nitrogens is 3. The molecule has 1 aromatic heterocycles. The van der Waals surface area contributed by atoms with E-state index in [-0.39, 0.29) is 11.8 Å². The first-order valence-electron chi connectivity index (χ1n) is 9.39. The molecule has 6 nitrogen and oxygen atoms in total. The highest BCUT2D eigenvalue weighted by Gasteiger charge is 2.25. The van der Waals surface area contributed by atoms with Gasteiger partial charge < -0.3 is 9.64 Å². The van der Waals surface area contributed by atoms with E-state index in [1.165, 1.54) is 12.1 Å². The number of morpholine rings is 1. The summed E-state index contributed by atoms with van der Waals surface area (Å²) < 4.78 is 7.66. The van der Waals surface area contributed by atoms with Crippen molar-refractivity contribution in [3.8, 4) is 0 Å². The lowest BCUT2D eigenvalue weighted by Gasteiger charge is -2.30. The van der Waals surface area contributed by atoms with Crippen LogP contribution < -0.4 is 10.6 Å². The highest BCUT2D eigenvalue weighted by atomic mass is 32.2. The van der Waals surface area contributed by atoms with Gasteiger partial charge in [0.25, 0.3) is 0 Å². The first kappa shape index (κ1) is 19.2. The highest BCUT2D eigenvalue weighted by Crippen LogP contribution is 2.16. The molecular weight excluding hydrogens is 348 g/mol. The van der Waals surface area contributed by atoms with Gasteiger partial charge in [-0.1, -0.05) is 55.9 Å². The smallest absolute Gasteiger partial charge is 0.343 e. The number of hydrogen-bond donors (Lipinski definition) is 2. The number of nitrogens with one attached hydrogen (secondary N) is 2. The standard InChI is InChI=1S/C19H28N4O2S/c1-15(2)12-22-10-11-25-17(13-22)14-26-19-21-20-18(24)23(19)9-8-16-6-4-3-5-7-16/h3-7,15,17H,8-14H2,1-2H3,(H,20,24)/p+1/t17-/m1/s1. The molecule has 2 N–H and O–H groups in total. The maximum Gasteiger partial charge on any atom is 0.343 e. The van der Waals surface area contributed by atoms with E-state index in [1.54, 1.807) is 21.2 Å². The zero-order chi connectivity index (χ0) is 18.4. The average Bonchev–Trinajstić information content (AvgIpc) is 2.98. The summed E-state index contributed by atoms with van der Waals surface area (Å²) in [7, 11) is 0. The number of aryl methyl sites for hydroxylation is 1. The summed E-state index contributed by atoms with van der Waals surface area (Å²) in [5.41, 5.74) is 1.08. The van der Waals surface area contributed by atoms with Crippen LogP contribution in [-0.2, 0) is 17.7 Å². The molecule has 0 bridgehead atoms. The molecule has 1 aliphatic rings. The van der Waals surface area contributed by atoms with Crippen molar-refractivity contribution in [2.24, 2.45) is 5.92 Å². The van der Waals surface area contributed by atoms with Crippen LogP contribution in [0.15, 0.2) is 40.3 Å². The van der Waals surface area contributed by atoms with Crippen molar-refractivity contribution < 1.29 is 9.64 Å². The molecule has 7 heteroatoms. The van der Waals surface area contributed by atoms with E-state index >= 15 is 0 Å². The Morgan fingerprint density at radius 2 is 2.19 bits per heavy atom. The van der Waals surface area contributed by atoms with Crippen molar-refractivity contribution in [3.05, 3.63) is 46.4 Å². The molecule has 2 aromatic rings. The number of rotatable bonds is 8. The molecule has 0 aliphatic carbocycles. The van der Waals surface area contributed by atoms with Gasteiger partial charge in [-0.25, -0.2) is 9.89 Å². The van der Waals surface area contributed by atoms with Crippen molar-refractivity contribution >= 4 is 11.8 Å². The maximum atomic E-state index is 12.1. The van der Waals surface area contributed by atoms with Gasteiger partial charge in [-0.2, -0.15) is 0 Å². The summed E-state index contributed by atoms with van der Waals surface area (Å²) in [5.74, 6) is 1.53. The molecular formula is C19H29N4O2S+. The molecule has 0 spiro atoms. The van der Waals surface area contributed by atoms with Gasteiger partial charge in [-0.05, 0) is 12.0 Å². The van der Waals surface area contributed by atoms with Gasteiger partial charge in [-0.15, -0.1) is 5.10 Å². The third-order valence-corrected chi connectivity index (χ3v) is 5.72. The number of benzene rings is 1. The minimum atomic E-state index is -0.139. The van der Waals surface area contributed by atoms with Crippen LogP contribution >= 0.6 is 11.8 Å². The molecule has 2 heterocycles. The van der Waals surface area contributed by atoms with E-state index in [1.807, 2.05) is 18.2 Å². The Labute approximate surface area is 158 Å². The quantitative estimate of drug-likeness (QED) is 0.670. The van der Waals surface area contributed by atoms with Gasteiger partial charge in [0.1, 0.15) is 19.2 Å². The molecule has 2 atom stereocenters. The predicted molar refractivity (Wildman–Crippen MR) is 104 cm³/mol. The number of hydrogen-bond acceptors (Lipinski definition) is 4. The first-order valence-corrected chi connectivity index (χ1v) is 10.4. The molecule has 0 radical (unpaired) electrons. The summed E-state index contributed by atoms with van der Waals surface area (Å²) in [6, 6.07) is 10.2. The third-order valence-electron chi connectivity index (χ3n) is 4.61. The van der Waals surface area contributed by atoms with Crippen LogP contribution in [0.3, 0.4) is 0 Å². The summed E-state index contributed by atoms with van der Waals surface area (Å²) in [5, 5.41) is 7.55. The molecule has 142 valence electrons. The fourth-order valence-electron chi connectivity index (χ4n) is 3.39. The lowest BCUT2D eigenvalue weighted by Crippen LogP contribution is -3.15. The molecule has 1 unspecified atom stereocenters. The lowest BCUT2D eigenvalue weighted by atomic mass is 10.1. The van der Waals surface area contributed by atoms with E-state index in [9.17, 15) is 4.79 Å². The molecule has 0 amide bonds. The number of aromatic amines is 1. The number of thioether (sulfide) groups is 1. The van der Waals surface area contributed by atoms with Crippen molar-refractivity contribution in [3.63, 3.8) is 0 Å². The molecule has 3 rings (SSSR count). The van der Waals surface area contributed by atoms with E-state index in [4.69, 9.17) is 4.74 Å². The molecule has 0 saturated carbocycles. The van der Waals surface area contributed by atoms with Crippen LogP contribution in [0.1, 0.15) is 19.4 Å². The Kier molecular flexibility index (Phi) is 6.93. The Bertz CT molecular complexity index is 729. The normalized spacial score (nSPS) is 20.6. The Balaban J connectivity index is 1.54. The summed E-state index contributed by atoms with van der Waals surface area (Å²) in [4.78, 5) is 13.7. The van der Waals surface area contributed by atoms with Crippen LogP contribution in [0.4, 0.5) is 0 Å². The summed E-state index contributed by atoms with van der Waals surface area (Å²) in [6.07, 6.45) is 1.04. The zero-order valence-corrected chi connectivity index (χ0v) is 16.4. The van der Waals surface area contributed by atoms with Crippen LogP contribution in [-0.4, -0.2) is 52.9 Å². The van der Waals surface area contributed by atoms with E-state index in [0.29, 0.717) is 12.5 Å². The Morgan fingerprint density at radius 3 is 2.96 bits per heavy atom. The van der Waals surface area contributed by atoms with Crippen molar-refractivity contribution in [1.82, 2.24) is 14.8 Å². The average molecular weight is 378 g/mol. The topological polar surface area (TPSA) is 64.3 Å². The molecule has 1 saturated heterocycles. The zero-order valence-electron chi connectivity index (χ0n) is 15.6. The lowest BCUT2D eigenvalue weighted by molar-refractivity contribution is -0.914. The first-order chi connectivity index (χ1) is 12.6. The van der Waals surface area contributed by atoms with Crippen molar-refractivity contribution in [2.75, 3.05) is 32.0 Å². The largest absolute Gasteiger partial charge is 0.366 e. The maximum absolute atomic E-state index is 12.1. The number of H-pyrrole nitrogens is 1. The van der Waals surface area contributed by atoms with E-state index in [0.717, 1.165) is 37.0 Å². The molecule has 1 aliphatic heterocycles. The molecule has 26 heavy (non-hydrogen) atoms. The predicted octanol–water partition coefficient (Wildman–Crippen LogP) is 0.846. The van der Waals surface area contributed by atoms with Gasteiger partial charge in [-0.3, -0.25) is 4.57 Å². The van der Waals surface area contributed by atoms with E-state index in [2.05, 4.69) is 36.2 Å². The van der Waals surface area contributed by atoms with Crippen LogP contribution in [0.5, 0.6) is 0 Å². The second-order valence-electron chi connectivity index (χ2n) is 7.30. The number of quaternary nitrogens is 1. The highest BCUT2D eigenvalue weighted by molar-refractivity contribution is 7.99. The van der Waals surface area contributed by atoms with Gasteiger partial charge >= 0.3 is 5.69 Å². The molecule has 1 fully saturated rings. The fourth-order valence-corrected chi connectivity index (χ4v) is 4.38. The second kappa shape index (κ2) is 9.39. The van der Waals surface area contributed by atoms with Crippen molar-refractivity contribution in [1.29, 1.82) is 0 Å². The van der Waals surface area contributed by atoms with Crippen LogP contribution in [0.2, 0.25) is 0 Å². The van der Waals surface area contributed by atoms with Gasteiger partial charge in [0.15, 0.2) is 5.16 Å². The molecule has 1 aromatic carbocycles. The number of nitrogens with zero attached hydrogens (tertiary/aromatic N) is 2. The van der Waals surface area contributed by atoms with Gasteiger partial charge in [0.2, 0.25) is 0 Å². The van der Waals surface area contributed by atoms with E-state index < -0.39 is 0 Å². The minimum Gasteiger partial charge on any atom is -0.366 e. The second-order valence-corrected chi connectivity index (χ2v) is 8.29. The van der Waals surface area contributed by atoms with Crippen molar-refractivity contribution in [2.45, 2.75) is 38.1 Å². The SMILES string of the molecule is CC(C)C[NH+]1CCO[C@@H](CSc2n[nH]c(=O)n2CCc2ccccc2)C1. The number of ether oxygens (including phenoxy) is 1. The summed E-state index contributed by atoms with van der Waals surface area (Å²) >= 11 is 1.61. The fraction of sp³-hybridized carbons (Fsp3) is 0.579. The summed E-state index contributed by atoms with van der Waals surface area (Å²) in [6.45, 7) is 9.29. The minimum absolute atomic E-state index is 0.139. The monoisotopic (exact) mass is 377 g/mol. The van der Waals surface area contributed by atoms with Crippen LogP contribution in [0.25, 0.3) is 0 Å². The van der Waals surface area contributed by atoms with Crippen LogP contribution in [0, 0.1) is 5.92 Å².